The Morgan fingerprint density at radius 2 is 1.68 bits per heavy atom. The maximum Gasteiger partial charge on any atom is 0.341 e. The van der Waals surface area contributed by atoms with E-state index in [0.717, 1.165) is 22.9 Å². The molecule has 0 aliphatic carbocycles. The number of hydrogen-bond acceptors (Lipinski definition) is 7. The number of nitrogens with zero attached hydrogens (tertiary/aromatic N) is 2. The lowest BCUT2D eigenvalue weighted by Gasteiger charge is -2.28. The lowest BCUT2D eigenvalue weighted by Crippen LogP contribution is -2.42. The SMILES string of the molecule is C=C/C=C\C(=C/C)N1C(=O)/C(=C/c2ccc(OCC(=O)O)c(OC)c2)C(=O)N=C1SCC(=O)NC(c1ccccc1)c1ccccc1. The first kappa shape index (κ1) is 34.2. The first-order valence-corrected chi connectivity index (χ1v) is 15.4. The normalized spacial score (nSPS) is 14.4. The van der Waals surface area contributed by atoms with Gasteiger partial charge in [-0.3, -0.25) is 19.3 Å². The van der Waals surface area contributed by atoms with Gasteiger partial charge in [-0.05, 0) is 47.9 Å². The summed E-state index contributed by atoms with van der Waals surface area (Å²) in [7, 11) is 1.38. The van der Waals surface area contributed by atoms with Crippen LogP contribution in [0.15, 0.2) is 126 Å². The number of hydrogen-bond donors (Lipinski definition) is 2. The van der Waals surface area contributed by atoms with Gasteiger partial charge >= 0.3 is 5.97 Å². The Balaban J connectivity index is 1.62. The van der Waals surface area contributed by atoms with Crippen molar-refractivity contribution in [3.63, 3.8) is 0 Å². The molecule has 0 saturated carbocycles. The van der Waals surface area contributed by atoms with Gasteiger partial charge in [0.05, 0.1) is 18.9 Å². The number of methoxy groups -OCH3 is 1. The molecule has 47 heavy (non-hydrogen) atoms. The second-order valence-electron chi connectivity index (χ2n) is 9.91. The predicted molar refractivity (Wildman–Crippen MR) is 182 cm³/mol. The molecule has 3 aromatic carbocycles. The van der Waals surface area contributed by atoms with Gasteiger partial charge in [-0.1, -0.05) is 103 Å². The topological polar surface area (TPSA) is 135 Å². The van der Waals surface area contributed by atoms with Gasteiger partial charge in [0, 0.05) is 5.70 Å². The molecule has 0 spiro atoms. The second-order valence-corrected chi connectivity index (χ2v) is 10.9. The van der Waals surface area contributed by atoms with E-state index in [0.29, 0.717) is 11.3 Å². The number of allylic oxidation sites excluding steroid dienone is 4. The Hall–Kier alpha value is -5.68. The molecule has 0 fully saturated rings. The van der Waals surface area contributed by atoms with Crippen LogP contribution in [0, 0.1) is 0 Å². The minimum absolute atomic E-state index is 0.0417. The smallest absolute Gasteiger partial charge is 0.341 e. The fraction of sp³-hybridized carbons (Fsp3) is 0.139. The zero-order valence-electron chi connectivity index (χ0n) is 25.8. The summed E-state index contributed by atoms with van der Waals surface area (Å²) in [6, 6.07) is 23.3. The third-order valence-corrected chi connectivity index (χ3v) is 7.70. The fourth-order valence-electron chi connectivity index (χ4n) is 4.59. The molecule has 240 valence electrons. The highest BCUT2D eigenvalue weighted by molar-refractivity contribution is 8.14. The summed E-state index contributed by atoms with van der Waals surface area (Å²) in [6.07, 6.45) is 7.88. The number of rotatable bonds is 13. The third-order valence-electron chi connectivity index (χ3n) is 6.76. The minimum atomic E-state index is -1.15. The van der Waals surface area contributed by atoms with Crippen molar-refractivity contribution in [1.82, 2.24) is 10.2 Å². The molecule has 4 rings (SSSR count). The highest BCUT2D eigenvalue weighted by atomic mass is 32.2. The molecule has 0 atom stereocenters. The molecule has 3 aromatic rings. The number of carboxylic acids is 1. The summed E-state index contributed by atoms with van der Waals surface area (Å²) in [5, 5.41) is 12.0. The molecular formula is C36H33N3O7S. The van der Waals surface area contributed by atoms with E-state index in [1.807, 2.05) is 60.7 Å². The van der Waals surface area contributed by atoms with Crippen molar-refractivity contribution in [3.05, 3.63) is 138 Å². The molecule has 0 unspecified atom stereocenters. The van der Waals surface area contributed by atoms with E-state index in [-0.39, 0.29) is 33.9 Å². The average molecular weight is 652 g/mol. The summed E-state index contributed by atoms with van der Waals surface area (Å²) in [5.74, 6) is -2.63. The highest BCUT2D eigenvalue weighted by Gasteiger charge is 2.35. The summed E-state index contributed by atoms with van der Waals surface area (Å²) in [4.78, 5) is 56.9. The van der Waals surface area contributed by atoms with Gasteiger partial charge < -0.3 is 19.9 Å². The maximum absolute atomic E-state index is 13.9. The van der Waals surface area contributed by atoms with Crippen LogP contribution in [0.1, 0.15) is 29.7 Å². The quantitative estimate of drug-likeness (QED) is 0.140. The molecule has 0 bridgehead atoms. The van der Waals surface area contributed by atoms with Crippen LogP contribution >= 0.6 is 11.8 Å². The van der Waals surface area contributed by atoms with Crippen molar-refractivity contribution in [2.75, 3.05) is 19.5 Å². The van der Waals surface area contributed by atoms with Crippen molar-refractivity contribution in [2.45, 2.75) is 13.0 Å². The van der Waals surface area contributed by atoms with E-state index in [1.165, 1.54) is 30.2 Å². The van der Waals surface area contributed by atoms with Crippen molar-refractivity contribution in [3.8, 4) is 11.5 Å². The fourth-order valence-corrected chi connectivity index (χ4v) is 5.40. The Labute approximate surface area is 276 Å². The number of amidine groups is 1. The highest BCUT2D eigenvalue weighted by Crippen LogP contribution is 2.31. The van der Waals surface area contributed by atoms with Crippen LogP contribution in [-0.2, 0) is 19.2 Å². The number of aliphatic carboxylic acids is 1. The van der Waals surface area contributed by atoms with Crippen LogP contribution in [-0.4, -0.2) is 58.3 Å². The Bertz CT molecular complexity index is 1730. The zero-order valence-corrected chi connectivity index (χ0v) is 26.6. The van der Waals surface area contributed by atoms with Gasteiger partial charge in [0.2, 0.25) is 5.91 Å². The van der Waals surface area contributed by atoms with E-state index >= 15 is 0 Å². The first-order valence-electron chi connectivity index (χ1n) is 14.4. The number of benzene rings is 3. The molecule has 1 aliphatic rings. The lowest BCUT2D eigenvalue weighted by molar-refractivity contribution is -0.139. The lowest BCUT2D eigenvalue weighted by atomic mass is 9.99. The third kappa shape index (κ3) is 8.95. The molecule has 2 N–H and O–H groups in total. The molecule has 1 heterocycles. The standard InChI is InChI=1S/C36H33N3O7S/c1-4-6-17-27(5-2)39-35(44)28(20-24-18-19-29(30(21-24)45-3)46-22-32(41)42)34(43)38-36(39)47-23-31(40)37-33(25-13-9-7-10-14-25)26-15-11-8-12-16-26/h4-21,33H,1,22-23H2,2-3H3,(H,37,40)(H,41,42)/b17-6-,27-5+,28-20+. The van der Waals surface area contributed by atoms with Gasteiger partial charge in [0.25, 0.3) is 11.8 Å². The number of thioether (sulfide) groups is 1. The first-order chi connectivity index (χ1) is 22.7. The van der Waals surface area contributed by atoms with E-state index in [9.17, 15) is 19.2 Å². The molecule has 0 aromatic heterocycles. The molecule has 10 nitrogen and oxygen atoms in total. The molecule has 3 amide bonds. The summed E-state index contributed by atoms with van der Waals surface area (Å²) in [6.45, 7) is 4.85. The largest absolute Gasteiger partial charge is 0.493 e. The van der Waals surface area contributed by atoms with Crippen LogP contribution in [0.4, 0.5) is 0 Å². The van der Waals surface area contributed by atoms with Crippen molar-refractivity contribution in [2.24, 2.45) is 4.99 Å². The summed E-state index contributed by atoms with van der Waals surface area (Å²) >= 11 is 0.965. The second kappa shape index (κ2) is 16.6. The molecule has 1 aliphatic heterocycles. The van der Waals surface area contributed by atoms with Crippen molar-refractivity contribution >= 4 is 46.7 Å². The van der Waals surface area contributed by atoms with Gasteiger partial charge in [-0.15, -0.1) is 0 Å². The van der Waals surface area contributed by atoms with Crippen LogP contribution in [0.3, 0.4) is 0 Å². The summed E-state index contributed by atoms with van der Waals surface area (Å²) in [5.41, 5.74) is 2.42. The van der Waals surface area contributed by atoms with Gasteiger partial charge in [0.1, 0.15) is 5.57 Å². The van der Waals surface area contributed by atoms with Gasteiger partial charge in [-0.2, -0.15) is 4.99 Å². The zero-order chi connectivity index (χ0) is 33.8. The predicted octanol–water partition coefficient (Wildman–Crippen LogP) is 5.55. The Kier molecular flexibility index (Phi) is 12.1. The number of amides is 3. The molecular weight excluding hydrogens is 618 g/mol. The van der Waals surface area contributed by atoms with Crippen molar-refractivity contribution < 1.29 is 33.8 Å². The summed E-state index contributed by atoms with van der Waals surface area (Å²) < 4.78 is 10.6. The van der Waals surface area contributed by atoms with Crippen LogP contribution in [0.25, 0.3) is 6.08 Å². The Morgan fingerprint density at radius 3 is 2.26 bits per heavy atom. The van der Waals surface area contributed by atoms with Crippen molar-refractivity contribution in [1.29, 1.82) is 0 Å². The average Bonchev–Trinajstić information content (AvgIpc) is 3.09. The van der Waals surface area contributed by atoms with Crippen LogP contribution < -0.4 is 14.8 Å². The molecule has 0 radical (unpaired) electrons. The van der Waals surface area contributed by atoms with E-state index in [4.69, 9.17) is 14.6 Å². The maximum atomic E-state index is 13.9. The van der Waals surface area contributed by atoms with E-state index < -0.39 is 30.4 Å². The molecule has 11 heteroatoms. The van der Waals surface area contributed by atoms with E-state index in [2.05, 4.69) is 16.9 Å². The number of carboxylic acid groups (broad SMARTS) is 1. The Morgan fingerprint density at radius 1 is 1.02 bits per heavy atom. The van der Waals surface area contributed by atoms with Gasteiger partial charge in [0.15, 0.2) is 23.3 Å². The van der Waals surface area contributed by atoms with Crippen LogP contribution in [0.5, 0.6) is 11.5 Å². The number of nitrogens with one attached hydrogen (secondary N) is 1. The van der Waals surface area contributed by atoms with Crippen LogP contribution in [0.2, 0.25) is 0 Å². The number of aliphatic imine (C=N–C) groups is 1. The number of ether oxygens (including phenoxy) is 2. The number of carbonyl (C=O) groups excluding carboxylic acids is 3. The monoisotopic (exact) mass is 651 g/mol. The van der Waals surface area contributed by atoms with E-state index in [1.54, 1.807) is 37.3 Å². The molecule has 0 saturated heterocycles. The number of carbonyl (C=O) groups is 4. The van der Waals surface area contributed by atoms with Gasteiger partial charge in [-0.25, -0.2) is 4.79 Å². The minimum Gasteiger partial charge on any atom is -0.493 e.